The lowest BCUT2D eigenvalue weighted by molar-refractivity contribution is 0.745. The maximum Gasteiger partial charge on any atom is 0.0491 e. The van der Waals surface area contributed by atoms with Crippen molar-refractivity contribution in [3.05, 3.63) is 34.4 Å². The molecule has 0 bridgehead atoms. The summed E-state index contributed by atoms with van der Waals surface area (Å²) < 4.78 is 3.38. The highest BCUT2D eigenvalue weighted by atomic mass is 79.9. The normalized spacial score (nSPS) is 11.1. The Morgan fingerprint density at radius 3 is 2.86 bits per heavy atom. The molecule has 2 nitrogen and oxygen atoms in total. The molecule has 2 aromatic rings. The molecule has 0 aliphatic rings. The van der Waals surface area contributed by atoms with E-state index in [9.17, 15) is 0 Å². The predicted octanol–water partition coefficient (Wildman–Crippen LogP) is 2.66. The van der Waals surface area contributed by atoms with Crippen LogP contribution >= 0.6 is 15.9 Å². The maximum atomic E-state index is 3.56. The second-order valence-electron chi connectivity index (χ2n) is 3.40. The van der Waals surface area contributed by atoms with Gasteiger partial charge in [0.25, 0.3) is 0 Å². The molecule has 14 heavy (non-hydrogen) atoms. The molecule has 0 atom stereocenters. The van der Waals surface area contributed by atoms with Crippen LogP contribution in [0.15, 0.2) is 28.7 Å². The number of nitrogens with one attached hydrogen (secondary N) is 1. The zero-order valence-corrected chi connectivity index (χ0v) is 9.93. The topological polar surface area (TPSA) is 17.0 Å². The third-order valence-corrected chi connectivity index (χ3v) is 3.18. The standard InChI is InChI=1S/C11H13BrN2/c1-13-7-8-6-9-10(12)4-3-5-11(9)14(8)2/h3-6,13H,7H2,1-2H3. The van der Waals surface area contributed by atoms with Crippen molar-refractivity contribution in [2.45, 2.75) is 6.54 Å². The smallest absolute Gasteiger partial charge is 0.0491 e. The Kier molecular flexibility index (Phi) is 2.61. The van der Waals surface area contributed by atoms with Crippen molar-refractivity contribution in [2.75, 3.05) is 7.05 Å². The van der Waals surface area contributed by atoms with Gasteiger partial charge >= 0.3 is 0 Å². The second kappa shape index (κ2) is 3.75. The Morgan fingerprint density at radius 1 is 1.43 bits per heavy atom. The zero-order chi connectivity index (χ0) is 10.1. The minimum absolute atomic E-state index is 0.900. The number of hydrogen-bond acceptors (Lipinski definition) is 1. The van der Waals surface area contributed by atoms with E-state index in [1.54, 1.807) is 0 Å². The molecule has 0 saturated carbocycles. The summed E-state index contributed by atoms with van der Waals surface area (Å²) in [7, 11) is 4.06. The SMILES string of the molecule is CNCc1cc2c(Br)cccc2n1C. The number of rotatable bonds is 2. The van der Waals surface area contributed by atoms with E-state index in [1.807, 2.05) is 7.05 Å². The fraction of sp³-hybridized carbons (Fsp3) is 0.273. The van der Waals surface area contributed by atoms with Crippen molar-refractivity contribution in [2.24, 2.45) is 7.05 Å². The van der Waals surface area contributed by atoms with Crippen molar-refractivity contribution in [3.63, 3.8) is 0 Å². The largest absolute Gasteiger partial charge is 0.346 e. The fourth-order valence-corrected chi connectivity index (χ4v) is 2.20. The first kappa shape index (κ1) is 9.74. The number of halogens is 1. The molecule has 0 aliphatic carbocycles. The van der Waals surface area contributed by atoms with E-state index in [2.05, 4.69) is 57.1 Å². The van der Waals surface area contributed by atoms with Gasteiger partial charge in [-0.15, -0.1) is 0 Å². The highest BCUT2D eigenvalue weighted by Crippen LogP contribution is 2.26. The van der Waals surface area contributed by atoms with Crippen molar-refractivity contribution in [1.29, 1.82) is 0 Å². The Hall–Kier alpha value is -0.800. The van der Waals surface area contributed by atoms with Crippen LogP contribution in [-0.2, 0) is 13.6 Å². The van der Waals surface area contributed by atoms with Crippen LogP contribution in [0.2, 0.25) is 0 Å². The first-order valence-corrected chi connectivity index (χ1v) is 5.40. The Labute approximate surface area is 92.0 Å². The zero-order valence-electron chi connectivity index (χ0n) is 8.34. The van der Waals surface area contributed by atoms with Gasteiger partial charge in [-0.25, -0.2) is 0 Å². The van der Waals surface area contributed by atoms with Gasteiger partial charge in [0.1, 0.15) is 0 Å². The average molecular weight is 253 g/mol. The van der Waals surface area contributed by atoms with Crippen LogP contribution in [0.3, 0.4) is 0 Å². The highest BCUT2D eigenvalue weighted by Gasteiger charge is 2.06. The van der Waals surface area contributed by atoms with Crippen molar-refractivity contribution >= 4 is 26.8 Å². The van der Waals surface area contributed by atoms with E-state index in [4.69, 9.17) is 0 Å². The minimum Gasteiger partial charge on any atom is -0.346 e. The van der Waals surface area contributed by atoms with E-state index in [0.29, 0.717) is 0 Å². The second-order valence-corrected chi connectivity index (χ2v) is 4.25. The molecule has 74 valence electrons. The molecule has 1 aromatic heterocycles. The summed E-state index contributed by atoms with van der Waals surface area (Å²) in [6.45, 7) is 0.900. The molecule has 0 radical (unpaired) electrons. The van der Waals surface area contributed by atoms with Gasteiger partial charge in [0.2, 0.25) is 0 Å². The van der Waals surface area contributed by atoms with Gasteiger partial charge < -0.3 is 9.88 Å². The predicted molar refractivity (Wildman–Crippen MR) is 63.4 cm³/mol. The third-order valence-electron chi connectivity index (χ3n) is 2.49. The average Bonchev–Trinajstić information content (AvgIpc) is 2.48. The van der Waals surface area contributed by atoms with Crippen LogP contribution in [0.1, 0.15) is 5.69 Å². The number of fused-ring (bicyclic) bond motifs is 1. The van der Waals surface area contributed by atoms with Crippen LogP contribution in [0.5, 0.6) is 0 Å². The van der Waals surface area contributed by atoms with Gasteiger partial charge in [-0.05, 0) is 25.2 Å². The van der Waals surface area contributed by atoms with Gasteiger partial charge in [-0.3, -0.25) is 0 Å². The first-order valence-electron chi connectivity index (χ1n) is 4.61. The minimum atomic E-state index is 0.900. The van der Waals surface area contributed by atoms with Crippen LogP contribution in [0.25, 0.3) is 10.9 Å². The Morgan fingerprint density at radius 2 is 2.21 bits per heavy atom. The molecule has 1 heterocycles. The van der Waals surface area contributed by atoms with Crippen molar-refractivity contribution < 1.29 is 0 Å². The molecule has 3 heteroatoms. The number of aromatic nitrogens is 1. The Balaban J connectivity index is 2.67. The van der Waals surface area contributed by atoms with E-state index < -0.39 is 0 Å². The third kappa shape index (κ3) is 1.47. The molecular formula is C11H13BrN2. The summed E-state index contributed by atoms with van der Waals surface area (Å²) >= 11 is 3.56. The lowest BCUT2D eigenvalue weighted by atomic mass is 10.2. The number of aryl methyl sites for hydroxylation is 1. The lowest BCUT2D eigenvalue weighted by Gasteiger charge is -2.02. The summed E-state index contributed by atoms with van der Waals surface area (Å²) in [5, 5.41) is 4.45. The maximum absolute atomic E-state index is 3.56. The molecule has 1 aromatic carbocycles. The summed E-state index contributed by atoms with van der Waals surface area (Å²) in [6, 6.07) is 8.50. The van der Waals surface area contributed by atoms with Crippen molar-refractivity contribution in [1.82, 2.24) is 9.88 Å². The molecular weight excluding hydrogens is 240 g/mol. The molecule has 0 amide bonds. The summed E-state index contributed by atoms with van der Waals surface area (Å²) in [5.41, 5.74) is 2.57. The van der Waals surface area contributed by atoms with Crippen molar-refractivity contribution in [3.8, 4) is 0 Å². The monoisotopic (exact) mass is 252 g/mol. The molecule has 0 aliphatic heterocycles. The van der Waals surface area contributed by atoms with E-state index in [-0.39, 0.29) is 0 Å². The molecule has 0 saturated heterocycles. The summed E-state index contributed by atoms with van der Waals surface area (Å²) in [4.78, 5) is 0. The van der Waals surface area contributed by atoms with E-state index in [1.165, 1.54) is 16.6 Å². The molecule has 0 fully saturated rings. The Bertz CT molecular complexity index is 460. The molecule has 0 spiro atoms. The number of hydrogen-bond donors (Lipinski definition) is 1. The van der Waals surface area contributed by atoms with Gasteiger partial charge in [0.05, 0.1) is 0 Å². The van der Waals surface area contributed by atoms with Crippen LogP contribution in [0, 0.1) is 0 Å². The molecule has 0 unspecified atom stereocenters. The quantitative estimate of drug-likeness (QED) is 0.870. The van der Waals surface area contributed by atoms with E-state index in [0.717, 1.165) is 11.0 Å². The molecule has 1 N–H and O–H groups in total. The van der Waals surface area contributed by atoms with Crippen LogP contribution in [0.4, 0.5) is 0 Å². The number of nitrogens with zero attached hydrogens (tertiary/aromatic N) is 1. The van der Waals surface area contributed by atoms with Gasteiger partial charge in [-0.1, -0.05) is 22.0 Å². The first-order chi connectivity index (χ1) is 6.74. The van der Waals surface area contributed by atoms with E-state index >= 15 is 0 Å². The summed E-state index contributed by atoms with van der Waals surface area (Å²) in [5.74, 6) is 0. The van der Waals surface area contributed by atoms with Crippen LogP contribution in [-0.4, -0.2) is 11.6 Å². The lowest BCUT2D eigenvalue weighted by Crippen LogP contribution is -2.08. The fourth-order valence-electron chi connectivity index (χ4n) is 1.73. The van der Waals surface area contributed by atoms with Gasteiger partial charge in [-0.2, -0.15) is 0 Å². The van der Waals surface area contributed by atoms with Gasteiger partial charge in [0, 0.05) is 34.7 Å². The highest BCUT2D eigenvalue weighted by molar-refractivity contribution is 9.10. The van der Waals surface area contributed by atoms with Gasteiger partial charge in [0.15, 0.2) is 0 Å². The summed E-state index contributed by atoms with van der Waals surface area (Å²) in [6.07, 6.45) is 0. The number of benzene rings is 1. The van der Waals surface area contributed by atoms with Crippen LogP contribution < -0.4 is 5.32 Å². The molecule has 2 rings (SSSR count).